The van der Waals surface area contributed by atoms with E-state index < -0.39 is 6.10 Å². The van der Waals surface area contributed by atoms with Crippen LogP contribution < -0.4 is 5.32 Å². The van der Waals surface area contributed by atoms with Gasteiger partial charge in [-0.1, -0.05) is 30.3 Å². The summed E-state index contributed by atoms with van der Waals surface area (Å²) in [7, 11) is 0. The van der Waals surface area contributed by atoms with E-state index in [0.29, 0.717) is 18.5 Å². The molecular weight excluding hydrogens is 232 g/mol. The van der Waals surface area contributed by atoms with Gasteiger partial charge in [-0.3, -0.25) is 9.59 Å². The molecule has 1 heterocycles. The van der Waals surface area contributed by atoms with Crippen LogP contribution in [0.15, 0.2) is 30.3 Å². The van der Waals surface area contributed by atoms with Crippen LogP contribution in [0.2, 0.25) is 0 Å². The van der Waals surface area contributed by atoms with Crippen LogP contribution in [0.5, 0.6) is 0 Å². The van der Waals surface area contributed by atoms with Gasteiger partial charge in [0, 0.05) is 6.54 Å². The molecule has 1 aromatic carbocycles. The number of benzene rings is 1. The third-order valence-electron chi connectivity index (χ3n) is 3.15. The second kappa shape index (κ2) is 5.64. The Balaban J connectivity index is 2.09. The molecule has 1 aliphatic rings. The summed E-state index contributed by atoms with van der Waals surface area (Å²) < 4.78 is 0. The van der Waals surface area contributed by atoms with E-state index in [2.05, 4.69) is 5.32 Å². The van der Waals surface area contributed by atoms with Crippen molar-refractivity contribution in [3.8, 4) is 0 Å². The lowest BCUT2D eigenvalue weighted by Crippen LogP contribution is -2.46. The number of amides is 2. The van der Waals surface area contributed by atoms with Crippen LogP contribution >= 0.6 is 0 Å². The molecule has 2 amide bonds. The molecule has 1 aliphatic heterocycles. The molecule has 0 radical (unpaired) electrons. The number of hydrogen-bond donors (Lipinski definition) is 2. The van der Waals surface area contributed by atoms with Gasteiger partial charge < -0.3 is 15.3 Å². The zero-order chi connectivity index (χ0) is 13.0. The van der Waals surface area contributed by atoms with Crippen LogP contribution in [-0.4, -0.2) is 35.0 Å². The average molecular weight is 248 g/mol. The molecule has 5 heteroatoms. The van der Waals surface area contributed by atoms with E-state index in [-0.39, 0.29) is 12.1 Å². The monoisotopic (exact) mass is 248 g/mol. The topological polar surface area (TPSA) is 69.6 Å². The van der Waals surface area contributed by atoms with Gasteiger partial charge in [-0.2, -0.15) is 0 Å². The van der Waals surface area contributed by atoms with Gasteiger partial charge in [-0.25, -0.2) is 0 Å². The Labute approximate surface area is 105 Å². The van der Waals surface area contributed by atoms with Crippen molar-refractivity contribution in [2.45, 2.75) is 25.1 Å². The maximum Gasteiger partial charge on any atom is 0.257 e. The number of nitrogens with one attached hydrogen (secondary N) is 1. The fourth-order valence-corrected chi connectivity index (χ4v) is 2.22. The van der Waals surface area contributed by atoms with Gasteiger partial charge in [0.2, 0.25) is 6.41 Å². The van der Waals surface area contributed by atoms with Gasteiger partial charge in [-0.05, 0) is 18.4 Å². The van der Waals surface area contributed by atoms with Crippen molar-refractivity contribution >= 4 is 12.3 Å². The highest BCUT2D eigenvalue weighted by molar-refractivity contribution is 5.82. The number of nitrogens with zero attached hydrogens (tertiary/aromatic N) is 1. The first-order valence-corrected chi connectivity index (χ1v) is 5.97. The number of rotatable bonds is 4. The van der Waals surface area contributed by atoms with Crippen LogP contribution in [-0.2, 0) is 9.59 Å². The van der Waals surface area contributed by atoms with Crippen LogP contribution in [0.25, 0.3) is 0 Å². The Morgan fingerprint density at radius 1 is 1.44 bits per heavy atom. The summed E-state index contributed by atoms with van der Waals surface area (Å²) in [5, 5.41) is 12.6. The highest BCUT2D eigenvalue weighted by atomic mass is 16.3. The summed E-state index contributed by atoms with van der Waals surface area (Å²) in [6.07, 6.45) is 0.684. The molecule has 0 saturated carbocycles. The van der Waals surface area contributed by atoms with Crippen molar-refractivity contribution < 1.29 is 14.7 Å². The molecule has 0 aromatic heterocycles. The van der Waals surface area contributed by atoms with Gasteiger partial charge in [0.05, 0.1) is 0 Å². The molecule has 5 nitrogen and oxygen atoms in total. The lowest BCUT2D eigenvalue weighted by atomic mass is 10.1. The number of carbonyl (C=O) groups excluding carboxylic acids is 2. The lowest BCUT2D eigenvalue weighted by Gasteiger charge is -2.26. The van der Waals surface area contributed by atoms with Crippen molar-refractivity contribution in [2.75, 3.05) is 6.54 Å². The van der Waals surface area contributed by atoms with Crippen molar-refractivity contribution in [1.29, 1.82) is 0 Å². The Hall–Kier alpha value is -1.88. The molecule has 1 aromatic rings. The van der Waals surface area contributed by atoms with Crippen molar-refractivity contribution in [3.63, 3.8) is 0 Å². The number of aliphatic hydroxyl groups excluding tert-OH is 1. The van der Waals surface area contributed by atoms with E-state index in [0.717, 1.165) is 12.8 Å². The predicted molar refractivity (Wildman–Crippen MR) is 65.3 cm³/mol. The van der Waals surface area contributed by atoms with Crippen molar-refractivity contribution in [2.24, 2.45) is 0 Å². The molecule has 0 aliphatic carbocycles. The average Bonchev–Trinajstić information content (AvgIpc) is 2.87. The zero-order valence-corrected chi connectivity index (χ0v) is 9.95. The highest BCUT2D eigenvalue weighted by Crippen LogP contribution is 2.21. The molecule has 1 unspecified atom stereocenters. The number of hydrogen-bond acceptors (Lipinski definition) is 3. The normalized spacial score (nSPS) is 20.5. The number of aliphatic hydroxyl groups is 1. The largest absolute Gasteiger partial charge is 0.378 e. The molecule has 96 valence electrons. The molecule has 0 spiro atoms. The van der Waals surface area contributed by atoms with E-state index in [1.807, 2.05) is 6.07 Å². The summed E-state index contributed by atoms with van der Waals surface area (Å²) in [6, 6.07) is 8.79. The third-order valence-corrected chi connectivity index (χ3v) is 3.15. The zero-order valence-electron chi connectivity index (χ0n) is 9.95. The van der Waals surface area contributed by atoms with Crippen LogP contribution in [0.1, 0.15) is 24.5 Å². The molecule has 18 heavy (non-hydrogen) atoms. The number of carbonyl (C=O) groups is 2. The first-order valence-electron chi connectivity index (χ1n) is 5.97. The first kappa shape index (κ1) is 12.6. The van der Waals surface area contributed by atoms with Crippen LogP contribution in [0.3, 0.4) is 0 Å². The first-order chi connectivity index (χ1) is 8.74. The molecular formula is C13H16N2O3. The molecule has 2 atom stereocenters. The summed E-state index contributed by atoms with van der Waals surface area (Å²) in [5.74, 6) is -0.363. The highest BCUT2D eigenvalue weighted by Gasteiger charge is 2.32. The van der Waals surface area contributed by atoms with Crippen LogP contribution in [0, 0.1) is 0 Å². The van der Waals surface area contributed by atoms with E-state index >= 15 is 0 Å². The molecule has 1 fully saturated rings. The SMILES string of the molecule is O=CNC1CCCN1C(=O)[C@H](O)c1ccccc1. The predicted octanol–water partition coefficient (Wildman–Crippen LogP) is 0.414. The minimum Gasteiger partial charge on any atom is -0.378 e. The maximum absolute atomic E-state index is 12.2. The Morgan fingerprint density at radius 2 is 2.17 bits per heavy atom. The van der Waals surface area contributed by atoms with Gasteiger partial charge in [0.1, 0.15) is 6.17 Å². The maximum atomic E-state index is 12.2. The second-order valence-corrected chi connectivity index (χ2v) is 4.29. The smallest absolute Gasteiger partial charge is 0.257 e. The van der Waals surface area contributed by atoms with E-state index in [9.17, 15) is 14.7 Å². The minimum absolute atomic E-state index is 0.298. The molecule has 2 rings (SSSR count). The quantitative estimate of drug-likeness (QED) is 0.758. The summed E-state index contributed by atoms with van der Waals surface area (Å²) in [4.78, 5) is 24.1. The van der Waals surface area contributed by atoms with E-state index in [1.165, 1.54) is 4.90 Å². The minimum atomic E-state index is -1.17. The van der Waals surface area contributed by atoms with E-state index in [1.54, 1.807) is 24.3 Å². The molecule has 0 bridgehead atoms. The van der Waals surface area contributed by atoms with Gasteiger partial charge in [0.15, 0.2) is 6.10 Å². The summed E-state index contributed by atoms with van der Waals surface area (Å²) in [6.45, 7) is 0.564. The molecule has 2 N–H and O–H groups in total. The van der Waals surface area contributed by atoms with Crippen molar-refractivity contribution in [3.05, 3.63) is 35.9 Å². The summed E-state index contributed by atoms with van der Waals surface area (Å²) >= 11 is 0. The lowest BCUT2D eigenvalue weighted by molar-refractivity contribution is -0.142. The standard InChI is InChI=1S/C13H16N2O3/c16-9-14-11-7-4-8-15(11)13(18)12(17)10-5-2-1-3-6-10/h1-3,5-6,9,11-12,17H,4,7-8H2,(H,14,16)/t11?,12-/m1/s1. The van der Waals surface area contributed by atoms with Crippen LogP contribution in [0.4, 0.5) is 0 Å². The fraction of sp³-hybridized carbons (Fsp3) is 0.385. The van der Waals surface area contributed by atoms with Gasteiger partial charge in [0.25, 0.3) is 5.91 Å². The number of likely N-dealkylation sites (tertiary alicyclic amines) is 1. The third kappa shape index (κ3) is 2.51. The Morgan fingerprint density at radius 3 is 2.83 bits per heavy atom. The summed E-state index contributed by atoms with van der Waals surface area (Å²) in [5.41, 5.74) is 0.569. The van der Waals surface area contributed by atoms with Crippen molar-refractivity contribution in [1.82, 2.24) is 10.2 Å². The fourth-order valence-electron chi connectivity index (χ4n) is 2.22. The Bertz CT molecular complexity index is 422. The van der Waals surface area contributed by atoms with E-state index in [4.69, 9.17) is 0 Å². The Kier molecular flexibility index (Phi) is 3.94. The second-order valence-electron chi connectivity index (χ2n) is 4.29. The molecule has 1 saturated heterocycles. The van der Waals surface area contributed by atoms with Gasteiger partial charge >= 0.3 is 0 Å². The van der Waals surface area contributed by atoms with Gasteiger partial charge in [-0.15, -0.1) is 0 Å².